The molecule has 30 heavy (non-hydrogen) atoms. The summed E-state index contributed by atoms with van der Waals surface area (Å²) >= 11 is 0. The van der Waals surface area contributed by atoms with Crippen LogP contribution in [0, 0.1) is 10.1 Å². The Balaban J connectivity index is 1.44. The minimum Gasteiger partial charge on any atom is -0.380 e. The number of hydrogen-bond donors (Lipinski definition) is 1. The molecule has 0 aliphatic carbocycles. The molecule has 0 atom stereocenters. The quantitative estimate of drug-likeness (QED) is 0.477. The van der Waals surface area contributed by atoms with E-state index in [1.165, 1.54) is 6.07 Å². The Kier molecular flexibility index (Phi) is 5.65. The van der Waals surface area contributed by atoms with E-state index >= 15 is 0 Å². The first kappa shape index (κ1) is 20.2. The van der Waals surface area contributed by atoms with Crippen molar-refractivity contribution in [2.24, 2.45) is 0 Å². The molecule has 0 spiro atoms. The number of non-ortho nitro benzene ring substituents is 1. The number of fused-ring (bicyclic) bond motifs is 1. The molecule has 1 aliphatic heterocycles. The Labute approximate surface area is 174 Å². The lowest BCUT2D eigenvalue weighted by atomic mass is 10.1. The summed E-state index contributed by atoms with van der Waals surface area (Å²) in [5.41, 5.74) is 2.07. The molecule has 1 saturated heterocycles. The van der Waals surface area contributed by atoms with E-state index in [0.29, 0.717) is 36.8 Å². The number of rotatable bonds is 6. The van der Waals surface area contributed by atoms with Gasteiger partial charge in [-0.1, -0.05) is 30.3 Å². The molecular formula is C21H22N4O4S. The minimum absolute atomic E-state index is 0.00282. The summed E-state index contributed by atoms with van der Waals surface area (Å²) < 4.78 is 27.0. The van der Waals surface area contributed by atoms with Gasteiger partial charge in [0.25, 0.3) is 5.69 Å². The summed E-state index contributed by atoms with van der Waals surface area (Å²) in [5, 5.41) is 15.2. The van der Waals surface area contributed by atoms with Crippen LogP contribution in [0.25, 0.3) is 10.9 Å². The van der Waals surface area contributed by atoms with Crippen molar-refractivity contribution >= 4 is 32.3 Å². The number of nitro benzene ring substituents is 1. The predicted molar refractivity (Wildman–Crippen MR) is 116 cm³/mol. The molecule has 2 aromatic carbocycles. The van der Waals surface area contributed by atoms with Gasteiger partial charge in [0, 0.05) is 31.4 Å². The summed E-state index contributed by atoms with van der Waals surface area (Å²) in [4.78, 5) is 15.2. The number of aromatic nitrogens is 1. The molecule has 0 amide bonds. The Morgan fingerprint density at radius 3 is 2.50 bits per heavy atom. The molecule has 4 rings (SSSR count). The van der Waals surface area contributed by atoms with Gasteiger partial charge in [-0.15, -0.1) is 0 Å². The third-order valence-corrected chi connectivity index (χ3v) is 7.19. The van der Waals surface area contributed by atoms with Crippen LogP contribution in [0.5, 0.6) is 0 Å². The normalized spacial score (nSPS) is 15.9. The number of anilines is 1. The van der Waals surface area contributed by atoms with Gasteiger partial charge in [0.2, 0.25) is 10.0 Å². The third kappa shape index (κ3) is 4.27. The molecule has 8 nitrogen and oxygen atoms in total. The molecule has 2 heterocycles. The maximum absolute atomic E-state index is 12.7. The fourth-order valence-corrected chi connectivity index (χ4v) is 5.37. The zero-order valence-electron chi connectivity index (χ0n) is 16.3. The third-order valence-electron chi connectivity index (χ3n) is 5.34. The summed E-state index contributed by atoms with van der Waals surface area (Å²) in [6, 6.07) is 15.8. The van der Waals surface area contributed by atoms with Crippen LogP contribution in [0.3, 0.4) is 0 Å². The van der Waals surface area contributed by atoms with Crippen molar-refractivity contribution in [1.82, 2.24) is 9.29 Å². The van der Waals surface area contributed by atoms with Crippen molar-refractivity contribution in [3.8, 4) is 0 Å². The molecular weight excluding hydrogens is 404 g/mol. The van der Waals surface area contributed by atoms with Gasteiger partial charge in [0.05, 0.1) is 21.7 Å². The molecule has 1 fully saturated rings. The number of nitrogens with zero attached hydrogens (tertiary/aromatic N) is 3. The van der Waals surface area contributed by atoms with Crippen molar-refractivity contribution in [3.05, 3.63) is 76.5 Å². The summed E-state index contributed by atoms with van der Waals surface area (Å²) in [6.07, 6.45) is 2.91. The zero-order valence-corrected chi connectivity index (χ0v) is 17.1. The van der Waals surface area contributed by atoms with Gasteiger partial charge in [-0.25, -0.2) is 12.7 Å². The molecule has 3 aromatic rings. The Morgan fingerprint density at radius 2 is 1.80 bits per heavy atom. The van der Waals surface area contributed by atoms with Crippen molar-refractivity contribution in [2.75, 3.05) is 18.4 Å². The molecule has 0 bridgehead atoms. The number of nitro groups is 1. The molecule has 1 aromatic heterocycles. The average molecular weight is 426 g/mol. The number of benzene rings is 2. The van der Waals surface area contributed by atoms with Crippen LogP contribution in [0.1, 0.15) is 18.4 Å². The maximum Gasteiger partial charge on any atom is 0.278 e. The van der Waals surface area contributed by atoms with Gasteiger partial charge in [0.1, 0.15) is 5.52 Å². The van der Waals surface area contributed by atoms with E-state index in [4.69, 9.17) is 0 Å². The van der Waals surface area contributed by atoms with Crippen LogP contribution in [0.4, 0.5) is 11.4 Å². The summed E-state index contributed by atoms with van der Waals surface area (Å²) in [5.74, 6) is 0.00282. The smallest absolute Gasteiger partial charge is 0.278 e. The van der Waals surface area contributed by atoms with E-state index in [2.05, 4.69) is 10.3 Å². The van der Waals surface area contributed by atoms with Gasteiger partial charge in [-0.2, -0.15) is 0 Å². The maximum atomic E-state index is 12.7. The Morgan fingerprint density at radius 1 is 1.07 bits per heavy atom. The fourth-order valence-electron chi connectivity index (χ4n) is 3.81. The number of piperidine rings is 1. The van der Waals surface area contributed by atoms with E-state index in [-0.39, 0.29) is 17.5 Å². The first-order valence-corrected chi connectivity index (χ1v) is 11.4. The summed E-state index contributed by atoms with van der Waals surface area (Å²) in [6.45, 7) is 0.871. The Hall–Kier alpha value is -3.04. The second-order valence-corrected chi connectivity index (χ2v) is 9.32. The molecule has 156 valence electrons. The van der Waals surface area contributed by atoms with E-state index < -0.39 is 14.9 Å². The SMILES string of the molecule is O=[N+]([O-])c1ccc(NC2CCN(S(=O)(=O)Cc3ccccc3)CC2)c2ncccc12. The van der Waals surface area contributed by atoms with Crippen molar-refractivity contribution in [1.29, 1.82) is 0 Å². The first-order valence-electron chi connectivity index (χ1n) is 9.74. The van der Waals surface area contributed by atoms with Crippen LogP contribution in [-0.2, 0) is 15.8 Å². The van der Waals surface area contributed by atoms with Crippen LogP contribution < -0.4 is 5.32 Å². The lowest BCUT2D eigenvalue weighted by Gasteiger charge is -2.32. The highest BCUT2D eigenvalue weighted by atomic mass is 32.2. The van der Waals surface area contributed by atoms with Crippen LogP contribution in [0.15, 0.2) is 60.8 Å². The topological polar surface area (TPSA) is 105 Å². The largest absolute Gasteiger partial charge is 0.380 e. The highest BCUT2D eigenvalue weighted by molar-refractivity contribution is 7.88. The van der Waals surface area contributed by atoms with Gasteiger partial charge in [-0.3, -0.25) is 15.1 Å². The average Bonchev–Trinajstić information content (AvgIpc) is 2.74. The van der Waals surface area contributed by atoms with Crippen LogP contribution in [0.2, 0.25) is 0 Å². The molecule has 1 aliphatic rings. The van der Waals surface area contributed by atoms with E-state index in [1.807, 2.05) is 30.3 Å². The highest BCUT2D eigenvalue weighted by Gasteiger charge is 2.28. The number of pyridine rings is 1. The van der Waals surface area contributed by atoms with Gasteiger partial charge in [0.15, 0.2) is 0 Å². The Bertz CT molecular complexity index is 1160. The van der Waals surface area contributed by atoms with Gasteiger partial charge < -0.3 is 5.32 Å². The van der Waals surface area contributed by atoms with E-state index in [0.717, 1.165) is 11.3 Å². The van der Waals surface area contributed by atoms with Crippen LogP contribution >= 0.6 is 0 Å². The van der Waals surface area contributed by atoms with Gasteiger partial charge in [-0.05, 0) is 36.6 Å². The fraction of sp³-hybridized carbons (Fsp3) is 0.286. The predicted octanol–water partition coefficient (Wildman–Crippen LogP) is 3.55. The lowest BCUT2D eigenvalue weighted by Crippen LogP contribution is -2.42. The first-order chi connectivity index (χ1) is 14.4. The summed E-state index contributed by atoms with van der Waals surface area (Å²) in [7, 11) is -3.36. The van der Waals surface area contributed by atoms with Gasteiger partial charge >= 0.3 is 0 Å². The molecule has 9 heteroatoms. The zero-order chi connectivity index (χ0) is 21.1. The van der Waals surface area contributed by atoms with Crippen molar-refractivity contribution < 1.29 is 13.3 Å². The molecule has 0 radical (unpaired) electrons. The molecule has 1 N–H and O–H groups in total. The van der Waals surface area contributed by atoms with Crippen LogP contribution in [-0.4, -0.2) is 41.8 Å². The second-order valence-electron chi connectivity index (χ2n) is 7.35. The lowest BCUT2D eigenvalue weighted by molar-refractivity contribution is -0.383. The molecule has 0 unspecified atom stereocenters. The molecule has 0 saturated carbocycles. The van der Waals surface area contributed by atoms with Crippen molar-refractivity contribution in [2.45, 2.75) is 24.6 Å². The number of nitrogens with one attached hydrogen (secondary N) is 1. The van der Waals surface area contributed by atoms with E-state index in [9.17, 15) is 18.5 Å². The second kappa shape index (κ2) is 8.37. The highest BCUT2D eigenvalue weighted by Crippen LogP contribution is 2.31. The minimum atomic E-state index is -3.36. The number of sulfonamides is 1. The standard InChI is InChI=1S/C21H22N4O4S/c26-25(27)20-9-8-19(21-18(20)7-4-12-22-21)23-17-10-13-24(14-11-17)30(28,29)15-16-5-2-1-3-6-16/h1-9,12,17,23H,10-11,13-15H2. The van der Waals surface area contributed by atoms with E-state index in [1.54, 1.807) is 28.7 Å². The monoisotopic (exact) mass is 426 g/mol. The van der Waals surface area contributed by atoms with Crippen molar-refractivity contribution in [3.63, 3.8) is 0 Å². The number of hydrogen-bond acceptors (Lipinski definition) is 6.